The van der Waals surface area contributed by atoms with Crippen molar-refractivity contribution in [1.82, 2.24) is 14.0 Å². The van der Waals surface area contributed by atoms with E-state index in [1.807, 2.05) is 54.6 Å². The number of hydrogen-bond acceptors (Lipinski definition) is 4. The van der Waals surface area contributed by atoms with Crippen molar-refractivity contribution in [2.24, 2.45) is 0 Å². The first-order chi connectivity index (χ1) is 13.7. The second-order valence-corrected chi connectivity index (χ2v) is 6.55. The lowest BCUT2D eigenvalue weighted by Crippen LogP contribution is -2.27. The molecule has 0 N–H and O–H groups in total. The number of ether oxygens (including phenoxy) is 1. The number of para-hydroxylation sites is 1. The first-order valence-electron chi connectivity index (χ1n) is 9.40. The summed E-state index contributed by atoms with van der Waals surface area (Å²) in [5, 5.41) is 0.903. The Hall–Kier alpha value is -3.41. The van der Waals surface area contributed by atoms with Gasteiger partial charge in [0.05, 0.1) is 17.8 Å². The number of rotatable bonds is 6. The lowest BCUT2D eigenvalue weighted by atomic mass is 10.2. The molecule has 0 radical (unpaired) electrons. The third-order valence-electron chi connectivity index (χ3n) is 4.72. The number of fused-ring (bicyclic) bond motifs is 3. The minimum atomic E-state index is -0.241. The molecular formula is C22H21N3O3. The van der Waals surface area contributed by atoms with Gasteiger partial charge < -0.3 is 4.74 Å². The Labute approximate surface area is 162 Å². The average Bonchev–Trinajstić information content (AvgIpc) is 3.17. The van der Waals surface area contributed by atoms with Crippen molar-refractivity contribution < 1.29 is 9.53 Å². The van der Waals surface area contributed by atoms with Gasteiger partial charge in [0.25, 0.3) is 0 Å². The summed E-state index contributed by atoms with van der Waals surface area (Å²) >= 11 is 0. The topological polar surface area (TPSA) is 65.6 Å². The molecule has 6 nitrogen and oxygen atoms in total. The van der Waals surface area contributed by atoms with Gasteiger partial charge in [-0.3, -0.25) is 13.8 Å². The van der Waals surface area contributed by atoms with Crippen molar-refractivity contribution in [3.8, 4) is 11.3 Å². The highest BCUT2D eigenvalue weighted by Gasteiger charge is 2.14. The summed E-state index contributed by atoms with van der Waals surface area (Å²) in [5.74, 6) is -0.241. The summed E-state index contributed by atoms with van der Waals surface area (Å²) in [6, 6.07) is 17.5. The number of hydrogen-bond donors (Lipinski definition) is 0. The van der Waals surface area contributed by atoms with Gasteiger partial charge >= 0.3 is 11.7 Å². The first kappa shape index (κ1) is 18.0. The van der Waals surface area contributed by atoms with Crippen LogP contribution in [0.5, 0.6) is 0 Å². The van der Waals surface area contributed by atoms with Crippen molar-refractivity contribution in [3.05, 3.63) is 71.3 Å². The number of esters is 1. The smallest absolute Gasteiger partial charge is 0.334 e. The maximum atomic E-state index is 13.2. The van der Waals surface area contributed by atoms with Gasteiger partial charge in [-0.25, -0.2) is 9.78 Å². The van der Waals surface area contributed by atoms with Crippen LogP contribution in [0.25, 0.3) is 27.8 Å². The van der Waals surface area contributed by atoms with E-state index in [1.165, 1.54) is 0 Å². The molecule has 142 valence electrons. The Morgan fingerprint density at radius 1 is 1.07 bits per heavy atom. The molecule has 2 heterocycles. The molecule has 0 fully saturated rings. The van der Waals surface area contributed by atoms with Crippen LogP contribution in [0.4, 0.5) is 0 Å². The summed E-state index contributed by atoms with van der Waals surface area (Å²) in [5.41, 5.74) is 3.01. The molecule has 0 aliphatic heterocycles. The van der Waals surface area contributed by atoms with Crippen molar-refractivity contribution in [3.63, 3.8) is 0 Å². The van der Waals surface area contributed by atoms with Crippen LogP contribution in [0.2, 0.25) is 0 Å². The number of aryl methyl sites for hydroxylation is 1. The van der Waals surface area contributed by atoms with E-state index >= 15 is 0 Å². The predicted octanol–water partition coefficient (Wildman–Crippen LogP) is 3.66. The molecule has 0 atom stereocenters. The highest BCUT2D eigenvalue weighted by atomic mass is 16.5. The van der Waals surface area contributed by atoms with Crippen LogP contribution in [-0.4, -0.2) is 26.5 Å². The second kappa shape index (κ2) is 7.68. The molecule has 2 aromatic heterocycles. The molecule has 0 spiro atoms. The third-order valence-corrected chi connectivity index (χ3v) is 4.72. The number of aromatic nitrogens is 3. The largest absolute Gasteiger partial charge is 0.466 e. The van der Waals surface area contributed by atoms with Gasteiger partial charge in [-0.2, -0.15) is 0 Å². The van der Waals surface area contributed by atoms with E-state index in [0.29, 0.717) is 25.2 Å². The number of nitrogens with zero attached hydrogens (tertiary/aromatic N) is 3. The fourth-order valence-electron chi connectivity index (χ4n) is 3.43. The van der Waals surface area contributed by atoms with E-state index in [2.05, 4.69) is 0 Å². The van der Waals surface area contributed by atoms with E-state index in [-0.39, 0.29) is 18.1 Å². The second-order valence-electron chi connectivity index (χ2n) is 6.55. The Morgan fingerprint density at radius 2 is 1.82 bits per heavy atom. The molecule has 4 aromatic rings. The normalized spacial score (nSPS) is 11.2. The zero-order valence-electron chi connectivity index (χ0n) is 15.7. The molecule has 0 aliphatic carbocycles. The van der Waals surface area contributed by atoms with E-state index in [9.17, 15) is 9.59 Å². The summed E-state index contributed by atoms with van der Waals surface area (Å²) in [6.45, 7) is 2.59. The number of carbonyl (C=O) groups excluding carboxylic acids is 1. The SMILES string of the molecule is CCOC(=O)CCCn1c(=O)n2cc(-c3ccccc3)nc2c2ccccc21. The molecule has 0 bridgehead atoms. The number of benzene rings is 2. The number of imidazole rings is 1. The Bertz CT molecular complexity index is 1190. The molecule has 0 aliphatic rings. The monoisotopic (exact) mass is 375 g/mol. The molecule has 0 saturated carbocycles. The third kappa shape index (κ3) is 3.29. The quantitative estimate of drug-likeness (QED) is 0.483. The molecule has 2 aromatic carbocycles. The van der Waals surface area contributed by atoms with Gasteiger partial charge in [0, 0.05) is 30.1 Å². The first-order valence-corrected chi connectivity index (χ1v) is 9.40. The number of carbonyl (C=O) groups is 1. The van der Waals surface area contributed by atoms with Gasteiger partial charge in [0.1, 0.15) is 0 Å². The molecule has 0 unspecified atom stereocenters. The standard InChI is InChI=1S/C22H21N3O3/c1-2-28-20(26)13-8-14-24-19-12-7-6-11-17(19)21-23-18(15-25(21)22(24)27)16-9-4-3-5-10-16/h3-7,9-12,15H,2,8,13-14H2,1H3. The van der Waals surface area contributed by atoms with Crippen molar-refractivity contribution in [1.29, 1.82) is 0 Å². The van der Waals surface area contributed by atoms with Crippen LogP contribution in [0.15, 0.2) is 65.6 Å². The van der Waals surface area contributed by atoms with E-state index < -0.39 is 0 Å². The van der Waals surface area contributed by atoms with Crippen LogP contribution in [0.3, 0.4) is 0 Å². The van der Waals surface area contributed by atoms with Gasteiger partial charge in [0.2, 0.25) is 0 Å². The zero-order chi connectivity index (χ0) is 19.5. The van der Waals surface area contributed by atoms with Gasteiger partial charge in [-0.05, 0) is 25.5 Å². The van der Waals surface area contributed by atoms with Crippen LogP contribution in [0, 0.1) is 0 Å². The fraction of sp³-hybridized carbons (Fsp3) is 0.227. The molecule has 0 amide bonds. The molecule has 0 saturated heterocycles. The minimum absolute atomic E-state index is 0.160. The van der Waals surface area contributed by atoms with Gasteiger partial charge in [-0.15, -0.1) is 0 Å². The summed E-state index contributed by atoms with van der Waals surface area (Å²) in [7, 11) is 0. The predicted molar refractivity (Wildman–Crippen MR) is 108 cm³/mol. The van der Waals surface area contributed by atoms with E-state index in [0.717, 1.165) is 22.2 Å². The van der Waals surface area contributed by atoms with Crippen molar-refractivity contribution in [2.45, 2.75) is 26.3 Å². The average molecular weight is 375 g/mol. The van der Waals surface area contributed by atoms with E-state index in [1.54, 1.807) is 22.1 Å². The molecule has 28 heavy (non-hydrogen) atoms. The van der Waals surface area contributed by atoms with Gasteiger partial charge in [-0.1, -0.05) is 42.5 Å². The minimum Gasteiger partial charge on any atom is -0.466 e. The fourth-order valence-corrected chi connectivity index (χ4v) is 3.43. The maximum absolute atomic E-state index is 13.2. The van der Waals surface area contributed by atoms with Crippen molar-refractivity contribution >= 4 is 22.5 Å². The van der Waals surface area contributed by atoms with E-state index in [4.69, 9.17) is 9.72 Å². The molecular weight excluding hydrogens is 354 g/mol. The van der Waals surface area contributed by atoms with Crippen LogP contribution < -0.4 is 5.69 Å². The Morgan fingerprint density at radius 3 is 2.61 bits per heavy atom. The van der Waals surface area contributed by atoms with Gasteiger partial charge in [0.15, 0.2) is 5.65 Å². The van der Waals surface area contributed by atoms with Crippen LogP contribution in [-0.2, 0) is 16.1 Å². The van der Waals surface area contributed by atoms with Crippen molar-refractivity contribution in [2.75, 3.05) is 6.61 Å². The Balaban J connectivity index is 1.80. The Kier molecular flexibility index (Phi) is 4.93. The summed E-state index contributed by atoms with van der Waals surface area (Å²) in [4.78, 5) is 29.5. The zero-order valence-corrected chi connectivity index (χ0v) is 15.7. The maximum Gasteiger partial charge on any atom is 0.334 e. The lowest BCUT2D eigenvalue weighted by molar-refractivity contribution is -0.143. The molecule has 6 heteroatoms. The summed E-state index contributed by atoms with van der Waals surface area (Å²) in [6.07, 6.45) is 2.60. The highest BCUT2D eigenvalue weighted by molar-refractivity contribution is 5.92. The lowest BCUT2D eigenvalue weighted by Gasteiger charge is -2.11. The van der Waals surface area contributed by atoms with Crippen LogP contribution in [0.1, 0.15) is 19.8 Å². The summed E-state index contributed by atoms with van der Waals surface area (Å²) < 4.78 is 8.28. The molecule has 4 rings (SSSR count). The van der Waals surface area contributed by atoms with Crippen LogP contribution >= 0.6 is 0 Å². The highest BCUT2D eigenvalue weighted by Crippen LogP contribution is 2.23.